The first-order valence-electron chi connectivity index (χ1n) is 9.43. The second kappa shape index (κ2) is 10.7. The summed E-state index contributed by atoms with van der Waals surface area (Å²) in [5, 5.41) is 13.4. The molecule has 28 heavy (non-hydrogen) atoms. The van der Waals surface area contributed by atoms with E-state index in [-0.39, 0.29) is 6.47 Å². The first kappa shape index (κ1) is 21.8. The third-order valence-corrected chi connectivity index (χ3v) is 4.75. The van der Waals surface area contributed by atoms with Crippen LogP contribution in [0, 0.1) is 17.6 Å². The second-order valence-electron chi connectivity index (χ2n) is 7.24. The van der Waals surface area contributed by atoms with E-state index < -0.39 is 11.6 Å². The van der Waals surface area contributed by atoms with Gasteiger partial charge in [-0.1, -0.05) is 20.3 Å². The Labute approximate surface area is 164 Å². The Balaban J connectivity index is 0.000000878. The number of benzene rings is 1. The molecule has 1 aliphatic rings. The van der Waals surface area contributed by atoms with Gasteiger partial charge in [0.15, 0.2) is 0 Å². The van der Waals surface area contributed by atoms with Gasteiger partial charge in [0.2, 0.25) is 0 Å². The Bertz CT molecular complexity index is 760. The maximum absolute atomic E-state index is 13.3. The van der Waals surface area contributed by atoms with Crippen LogP contribution >= 0.6 is 0 Å². The zero-order valence-electron chi connectivity index (χ0n) is 16.2. The maximum atomic E-state index is 13.3. The molecule has 7 heteroatoms. The number of aromatic nitrogens is 1. The topological polar surface area (TPSA) is 74.2 Å². The molecule has 0 bridgehead atoms. The maximum Gasteiger partial charge on any atom is 0.290 e. The normalized spacial score (nSPS) is 13.5. The summed E-state index contributed by atoms with van der Waals surface area (Å²) in [6.07, 6.45) is 5.86. The molecule has 3 N–H and O–H groups in total. The summed E-state index contributed by atoms with van der Waals surface area (Å²) in [6.45, 7) is 5.87. The minimum Gasteiger partial charge on any atom is -0.483 e. The molecule has 0 saturated heterocycles. The summed E-state index contributed by atoms with van der Waals surface area (Å²) in [7, 11) is 0. The highest BCUT2D eigenvalue weighted by atomic mass is 19.1. The lowest BCUT2D eigenvalue weighted by molar-refractivity contribution is -0.122. The van der Waals surface area contributed by atoms with Gasteiger partial charge in [-0.3, -0.25) is 4.79 Å². The van der Waals surface area contributed by atoms with E-state index in [2.05, 4.69) is 29.5 Å². The molecule has 1 aromatic carbocycles. The van der Waals surface area contributed by atoms with Crippen LogP contribution in [0.3, 0.4) is 0 Å². The molecule has 1 saturated carbocycles. The van der Waals surface area contributed by atoms with Gasteiger partial charge in [0.05, 0.1) is 0 Å². The highest BCUT2D eigenvalue weighted by Gasteiger charge is 2.17. The second-order valence-corrected chi connectivity index (χ2v) is 7.24. The van der Waals surface area contributed by atoms with Gasteiger partial charge < -0.3 is 15.7 Å². The van der Waals surface area contributed by atoms with Gasteiger partial charge in [-0.05, 0) is 60.5 Å². The van der Waals surface area contributed by atoms with E-state index in [0.29, 0.717) is 17.4 Å². The smallest absolute Gasteiger partial charge is 0.290 e. The highest BCUT2D eigenvalue weighted by Crippen LogP contribution is 2.27. The van der Waals surface area contributed by atoms with Gasteiger partial charge in [0, 0.05) is 24.5 Å². The van der Waals surface area contributed by atoms with Gasteiger partial charge in [0.25, 0.3) is 6.47 Å². The van der Waals surface area contributed by atoms with E-state index in [9.17, 15) is 8.78 Å². The zero-order valence-corrected chi connectivity index (χ0v) is 16.2. The third kappa shape index (κ3) is 6.56. The lowest BCUT2D eigenvalue weighted by Gasteiger charge is -2.25. The molecule has 0 spiro atoms. The molecule has 0 unspecified atom stereocenters. The minimum absolute atomic E-state index is 0.250. The van der Waals surface area contributed by atoms with Crippen molar-refractivity contribution in [3.05, 3.63) is 53.2 Å². The van der Waals surface area contributed by atoms with Crippen LogP contribution in [0.25, 0.3) is 0 Å². The fourth-order valence-corrected chi connectivity index (χ4v) is 3.13. The summed E-state index contributed by atoms with van der Waals surface area (Å²) >= 11 is 0. The molecular weight excluding hydrogens is 364 g/mol. The van der Waals surface area contributed by atoms with Crippen molar-refractivity contribution in [2.45, 2.75) is 45.6 Å². The van der Waals surface area contributed by atoms with Crippen LogP contribution in [0.2, 0.25) is 0 Å². The predicted molar refractivity (Wildman–Crippen MR) is 106 cm³/mol. The molecule has 5 nitrogen and oxygen atoms in total. The number of hydrogen-bond donors (Lipinski definition) is 3. The highest BCUT2D eigenvalue weighted by molar-refractivity contribution is 5.57. The van der Waals surface area contributed by atoms with E-state index in [1.807, 2.05) is 12.3 Å². The van der Waals surface area contributed by atoms with E-state index in [4.69, 9.17) is 9.90 Å². The van der Waals surface area contributed by atoms with Crippen LogP contribution < -0.4 is 10.6 Å². The number of pyridine rings is 1. The van der Waals surface area contributed by atoms with Crippen LogP contribution in [0.1, 0.15) is 50.2 Å². The number of nitrogens with one attached hydrogen (secondary N) is 2. The summed E-state index contributed by atoms with van der Waals surface area (Å²) in [6, 6.07) is 5.34. The lowest BCUT2D eigenvalue weighted by atomic mass is 9.85. The summed E-state index contributed by atoms with van der Waals surface area (Å²) < 4.78 is 26.7. The molecule has 0 atom stereocenters. The van der Waals surface area contributed by atoms with E-state index in [1.54, 1.807) is 0 Å². The van der Waals surface area contributed by atoms with E-state index >= 15 is 0 Å². The van der Waals surface area contributed by atoms with Gasteiger partial charge in [-0.2, -0.15) is 0 Å². The van der Waals surface area contributed by atoms with Crippen molar-refractivity contribution < 1.29 is 18.7 Å². The first-order chi connectivity index (χ1) is 13.4. The average Bonchev–Trinajstić information content (AvgIpc) is 2.57. The molecule has 1 heterocycles. The van der Waals surface area contributed by atoms with Gasteiger partial charge in [-0.25, -0.2) is 13.8 Å². The van der Waals surface area contributed by atoms with Crippen molar-refractivity contribution >= 4 is 18.0 Å². The number of halogens is 2. The number of carboxylic acid groups (broad SMARTS) is 1. The van der Waals surface area contributed by atoms with Crippen LogP contribution in [0.15, 0.2) is 30.5 Å². The SMILES string of the molecule is CC(C)c1cc(Nc2cc(F)cc(F)c2)ncc1CNCC1CCC1.O=CO. The van der Waals surface area contributed by atoms with Crippen LogP contribution in [-0.2, 0) is 11.3 Å². The van der Waals surface area contributed by atoms with Crippen LogP contribution in [-0.4, -0.2) is 23.1 Å². The van der Waals surface area contributed by atoms with Crippen molar-refractivity contribution in [2.24, 2.45) is 5.92 Å². The van der Waals surface area contributed by atoms with E-state index in [0.717, 1.165) is 25.1 Å². The first-order valence-corrected chi connectivity index (χ1v) is 9.43. The van der Waals surface area contributed by atoms with Crippen molar-refractivity contribution in [1.29, 1.82) is 0 Å². The Morgan fingerprint density at radius 2 is 1.86 bits per heavy atom. The fourth-order valence-electron chi connectivity index (χ4n) is 3.13. The Hall–Kier alpha value is -2.54. The molecule has 1 aromatic heterocycles. The quantitative estimate of drug-likeness (QED) is 0.590. The lowest BCUT2D eigenvalue weighted by Crippen LogP contribution is -2.27. The standard InChI is InChI=1S/C20H25F2N3.CH2O2/c1-13(2)19-9-20(25-18-7-16(21)6-17(22)8-18)24-12-15(19)11-23-10-14-4-3-5-14;2-1-3/h6-9,12-14,23H,3-5,10-11H2,1-2H3,(H,24,25);1H,(H,2,3). The summed E-state index contributed by atoms with van der Waals surface area (Å²) in [5.74, 6) is 0.538. The molecule has 1 aliphatic carbocycles. The van der Waals surface area contributed by atoms with Gasteiger partial charge in [-0.15, -0.1) is 0 Å². The van der Waals surface area contributed by atoms with Crippen molar-refractivity contribution in [3.8, 4) is 0 Å². The third-order valence-electron chi connectivity index (χ3n) is 4.75. The number of hydrogen-bond acceptors (Lipinski definition) is 4. The largest absolute Gasteiger partial charge is 0.483 e. The average molecular weight is 391 g/mol. The van der Waals surface area contributed by atoms with Crippen LogP contribution in [0.4, 0.5) is 20.3 Å². The zero-order chi connectivity index (χ0) is 20.5. The molecule has 152 valence electrons. The summed E-state index contributed by atoms with van der Waals surface area (Å²) in [4.78, 5) is 12.8. The monoisotopic (exact) mass is 391 g/mol. The summed E-state index contributed by atoms with van der Waals surface area (Å²) in [5.41, 5.74) is 2.72. The Morgan fingerprint density at radius 3 is 2.39 bits per heavy atom. The molecule has 2 aromatic rings. The van der Waals surface area contributed by atoms with E-state index in [1.165, 1.54) is 42.5 Å². The predicted octanol–water partition coefficient (Wildman–Crippen LogP) is 4.82. The number of anilines is 2. The van der Waals surface area contributed by atoms with Gasteiger partial charge in [0.1, 0.15) is 17.5 Å². The Morgan fingerprint density at radius 1 is 1.21 bits per heavy atom. The fraction of sp³-hybridized carbons (Fsp3) is 0.429. The Kier molecular flexibility index (Phi) is 8.32. The van der Waals surface area contributed by atoms with Crippen molar-refractivity contribution in [2.75, 3.05) is 11.9 Å². The molecule has 0 radical (unpaired) electrons. The van der Waals surface area contributed by atoms with Crippen molar-refractivity contribution in [1.82, 2.24) is 10.3 Å². The molecule has 0 aliphatic heterocycles. The molecule has 3 rings (SSSR count). The minimum atomic E-state index is -0.608. The molecule has 1 fully saturated rings. The molecular formula is C21H27F2N3O2. The number of carbonyl (C=O) groups is 1. The molecule has 0 amide bonds. The van der Waals surface area contributed by atoms with Gasteiger partial charge >= 0.3 is 0 Å². The number of rotatable bonds is 7. The number of nitrogens with zero attached hydrogens (tertiary/aromatic N) is 1. The van der Waals surface area contributed by atoms with Crippen molar-refractivity contribution in [3.63, 3.8) is 0 Å². The van der Waals surface area contributed by atoms with Crippen LogP contribution in [0.5, 0.6) is 0 Å².